The molecule has 4 aromatic rings. The zero-order valence-corrected chi connectivity index (χ0v) is 15.2. The predicted molar refractivity (Wildman–Crippen MR) is 110 cm³/mol. The zero-order chi connectivity index (χ0) is 18.5. The Hall–Kier alpha value is -3.11. The van der Waals surface area contributed by atoms with Gasteiger partial charge in [-0.1, -0.05) is 18.2 Å². The molecule has 0 saturated heterocycles. The Morgan fingerprint density at radius 1 is 0.926 bits per heavy atom. The molecule has 4 rings (SSSR count). The summed E-state index contributed by atoms with van der Waals surface area (Å²) in [4.78, 5) is 7.85. The van der Waals surface area contributed by atoms with Gasteiger partial charge in [0.15, 0.2) is 0 Å². The molecule has 0 radical (unpaired) electrons. The van der Waals surface area contributed by atoms with Crippen LogP contribution >= 0.6 is 0 Å². The summed E-state index contributed by atoms with van der Waals surface area (Å²) in [5, 5.41) is 1.19. The highest BCUT2D eigenvalue weighted by molar-refractivity contribution is 5.91. The molecule has 0 aliphatic heterocycles. The number of aromatic nitrogens is 2. The highest BCUT2D eigenvalue weighted by atomic mass is 16.5. The molecule has 136 valence electrons. The monoisotopic (exact) mass is 357 g/mol. The first-order valence-electron chi connectivity index (χ1n) is 9.33. The van der Waals surface area contributed by atoms with Crippen molar-refractivity contribution < 1.29 is 4.74 Å². The lowest BCUT2D eigenvalue weighted by molar-refractivity contribution is 0.483. The Labute approximate surface area is 159 Å². The van der Waals surface area contributed by atoms with Gasteiger partial charge in [0, 0.05) is 28.9 Å². The maximum Gasteiger partial charge on any atom is 0.128 e. The molecule has 27 heavy (non-hydrogen) atoms. The van der Waals surface area contributed by atoms with E-state index in [2.05, 4.69) is 28.2 Å². The highest BCUT2D eigenvalue weighted by Gasteiger charge is 2.14. The van der Waals surface area contributed by atoms with Crippen molar-refractivity contribution in [2.45, 2.75) is 19.3 Å². The second-order valence-corrected chi connectivity index (χ2v) is 6.59. The number of benzene rings is 2. The standard InChI is InChI=1S/C23H23N3O/c24-13-5-4-10-20-21-15-19(27-18-8-2-1-3-9-18)11-12-22(21)26-23(20)17-7-6-14-25-16-17/h1-3,6-9,11-12,14-16,26H,4-5,10,13,24H2. The summed E-state index contributed by atoms with van der Waals surface area (Å²) in [7, 11) is 0. The summed E-state index contributed by atoms with van der Waals surface area (Å²) in [5.74, 6) is 1.68. The molecule has 0 unspecified atom stereocenters. The number of nitrogens with zero attached hydrogens (tertiary/aromatic N) is 1. The van der Waals surface area contributed by atoms with Crippen molar-refractivity contribution in [3.05, 3.63) is 78.6 Å². The SMILES string of the molecule is NCCCCc1c(-c2cccnc2)[nH]c2ccc(Oc3ccccc3)cc12. The first kappa shape index (κ1) is 17.3. The Bertz CT molecular complexity index is 1010. The summed E-state index contributed by atoms with van der Waals surface area (Å²) < 4.78 is 6.04. The van der Waals surface area contributed by atoms with E-state index in [1.54, 1.807) is 6.20 Å². The molecular weight excluding hydrogens is 334 g/mol. The van der Waals surface area contributed by atoms with Crippen LogP contribution in [0.3, 0.4) is 0 Å². The van der Waals surface area contributed by atoms with E-state index in [-0.39, 0.29) is 0 Å². The van der Waals surface area contributed by atoms with E-state index in [9.17, 15) is 0 Å². The van der Waals surface area contributed by atoms with Crippen molar-refractivity contribution in [1.82, 2.24) is 9.97 Å². The van der Waals surface area contributed by atoms with Gasteiger partial charge in [0.05, 0.1) is 5.69 Å². The summed E-state index contributed by atoms with van der Waals surface area (Å²) in [6, 6.07) is 20.1. The lowest BCUT2D eigenvalue weighted by atomic mass is 10.0. The number of unbranched alkanes of at least 4 members (excludes halogenated alkanes) is 1. The number of ether oxygens (including phenoxy) is 1. The Balaban J connectivity index is 1.75. The minimum absolute atomic E-state index is 0.715. The fraction of sp³-hybridized carbons (Fsp3) is 0.174. The molecule has 0 atom stereocenters. The average Bonchev–Trinajstić information content (AvgIpc) is 3.08. The maximum absolute atomic E-state index is 6.04. The largest absolute Gasteiger partial charge is 0.457 e. The number of hydrogen-bond acceptors (Lipinski definition) is 3. The molecule has 2 aromatic heterocycles. The topological polar surface area (TPSA) is 63.9 Å². The number of para-hydroxylation sites is 1. The first-order chi connectivity index (χ1) is 13.3. The minimum Gasteiger partial charge on any atom is -0.457 e. The van der Waals surface area contributed by atoms with Crippen LogP contribution in [0, 0.1) is 0 Å². The number of nitrogens with one attached hydrogen (secondary N) is 1. The van der Waals surface area contributed by atoms with Gasteiger partial charge in [-0.2, -0.15) is 0 Å². The number of hydrogen-bond donors (Lipinski definition) is 2. The van der Waals surface area contributed by atoms with E-state index in [1.165, 1.54) is 10.9 Å². The lowest BCUT2D eigenvalue weighted by Gasteiger charge is -2.07. The van der Waals surface area contributed by atoms with Gasteiger partial charge in [0.25, 0.3) is 0 Å². The predicted octanol–water partition coefficient (Wildman–Crippen LogP) is 5.30. The number of H-pyrrole nitrogens is 1. The van der Waals surface area contributed by atoms with Crippen LogP contribution in [0.4, 0.5) is 0 Å². The maximum atomic E-state index is 6.04. The van der Waals surface area contributed by atoms with Crippen molar-refractivity contribution in [1.29, 1.82) is 0 Å². The van der Waals surface area contributed by atoms with Crippen LogP contribution in [-0.4, -0.2) is 16.5 Å². The second kappa shape index (κ2) is 8.06. The van der Waals surface area contributed by atoms with E-state index >= 15 is 0 Å². The number of aromatic amines is 1. The molecule has 0 aliphatic carbocycles. The summed E-state index contributed by atoms with van der Waals surface area (Å²) >= 11 is 0. The van der Waals surface area contributed by atoms with Gasteiger partial charge in [-0.25, -0.2) is 0 Å². The van der Waals surface area contributed by atoms with Crippen LogP contribution in [0.25, 0.3) is 22.2 Å². The van der Waals surface area contributed by atoms with Gasteiger partial charge in [-0.05, 0) is 73.8 Å². The fourth-order valence-electron chi connectivity index (χ4n) is 3.38. The molecule has 4 nitrogen and oxygen atoms in total. The number of rotatable bonds is 7. The first-order valence-corrected chi connectivity index (χ1v) is 9.33. The third kappa shape index (κ3) is 3.86. The highest BCUT2D eigenvalue weighted by Crippen LogP contribution is 2.34. The van der Waals surface area contributed by atoms with E-state index < -0.39 is 0 Å². The molecule has 2 heterocycles. The van der Waals surface area contributed by atoms with Crippen molar-refractivity contribution in [3.63, 3.8) is 0 Å². The molecule has 0 fully saturated rings. The number of fused-ring (bicyclic) bond motifs is 1. The smallest absolute Gasteiger partial charge is 0.128 e. The van der Waals surface area contributed by atoms with Crippen LogP contribution in [-0.2, 0) is 6.42 Å². The molecule has 4 heteroatoms. The minimum atomic E-state index is 0.715. The van der Waals surface area contributed by atoms with Gasteiger partial charge < -0.3 is 15.5 Å². The number of aryl methyl sites for hydroxylation is 1. The van der Waals surface area contributed by atoms with Gasteiger partial charge >= 0.3 is 0 Å². The molecule has 3 N–H and O–H groups in total. The Kier molecular flexibility index (Phi) is 5.17. The molecule has 2 aromatic carbocycles. The van der Waals surface area contributed by atoms with Crippen molar-refractivity contribution in [2.75, 3.05) is 6.54 Å². The summed E-state index contributed by atoms with van der Waals surface area (Å²) in [5.41, 5.74) is 10.3. The lowest BCUT2D eigenvalue weighted by Crippen LogP contribution is -1.99. The van der Waals surface area contributed by atoms with Crippen molar-refractivity contribution in [2.24, 2.45) is 5.73 Å². The zero-order valence-electron chi connectivity index (χ0n) is 15.2. The molecular formula is C23H23N3O. The van der Waals surface area contributed by atoms with Crippen LogP contribution in [0.15, 0.2) is 73.1 Å². The van der Waals surface area contributed by atoms with Gasteiger partial charge in [0.2, 0.25) is 0 Å². The van der Waals surface area contributed by atoms with Gasteiger partial charge in [-0.15, -0.1) is 0 Å². The molecule has 0 bridgehead atoms. The normalized spacial score (nSPS) is 11.0. The van der Waals surface area contributed by atoms with E-state index in [4.69, 9.17) is 10.5 Å². The molecule has 0 amide bonds. The molecule has 0 saturated carbocycles. The second-order valence-electron chi connectivity index (χ2n) is 6.59. The summed E-state index contributed by atoms with van der Waals surface area (Å²) in [6.45, 7) is 0.715. The summed E-state index contributed by atoms with van der Waals surface area (Å²) in [6.07, 6.45) is 6.74. The Morgan fingerprint density at radius 3 is 2.59 bits per heavy atom. The van der Waals surface area contributed by atoms with E-state index in [0.29, 0.717) is 6.54 Å². The number of pyridine rings is 1. The van der Waals surface area contributed by atoms with E-state index in [0.717, 1.165) is 47.5 Å². The molecule has 0 aliphatic rings. The van der Waals surface area contributed by atoms with Crippen LogP contribution < -0.4 is 10.5 Å². The molecule has 0 spiro atoms. The van der Waals surface area contributed by atoms with E-state index in [1.807, 2.05) is 48.7 Å². The average molecular weight is 357 g/mol. The third-order valence-electron chi connectivity index (χ3n) is 4.69. The van der Waals surface area contributed by atoms with Crippen LogP contribution in [0.1, 0.15) is 18.4 Å². The Morgan fingerprint density at radius 2 is 1.81 bits per heavy atom. The number of nitrogens with two attached hydrogens (primary N) is 1. The van der Waals surface area contributed by atoms with Crippen LogP contribution in [0.5, 0.6) is 11.5 Å². The fourth-order valence-corrected chi connectivity index (χ4v) is 3.38. The van der Waals surface area contributed by atoms with Gasteiger partial charge in [0.1, 0.15) is 11.5 Å². The third-order valence-corrected chi connectivity index (χ3v) is 4.69. The van der Waals surface area contributed by atoms with Gasteiger partial charge in [-0.3, -0.25) is 4.98 Å². The van der Waals surface area contributed by atoms with Crippen LogP contribution in [0.2, 0.25) is 0 Å². The quantitative estimate of drug-likeness (QED) is 0.441. The van der Waals surface area contributed by atoms with Crippen molar-refractivity contribution >= 4 is 10.9 Å². The van der Waals surface area contributed by atoms with Crippen molar-refractivity contribution in [3.8, 4) is 22.8 Å².